The van der Waals surface area contributed by atoms with Gasteiger partial charge in [-0.25, -0.2) is 4.68 Å². The molecule has 0 amide bonds. The van der Waals surface area contributed by atoms with E-state index in [1.54, 1.807) is 11.3 Å². The molecule has 29 heavy (non-hydrogen) atoms. The molecule has 0 spiro atoms. The second kappa shape index (κ2) is 7.40. The van der Waals surface area contributed by atoms with Crippen LogP contribution in [0.5, 0.6) is 0 Å². The van der Waals surface area contributed by atoms with E-state index in [4.69, 9.17) is 11.6 Å². The second-order valence-electron chi connectivity index (χ2n) is 6.87. The fourth-order valence-corrected chi connectivity index (χ4v) is 4.51. The maximum Gasteiger partial charge on any atom is 0.115 e. The molecule has 2 aromatic heterocycles. The topological polar surface area (TPSA) is 34.0 Å². The Morgan fingerprint density at radius 3 is 2.76 bits per heavy atom. The fraction of sp³-hybridized carbons (Fsp3) is 0.130. The molecule has 3 heterocycles. The van der Waals surface area contributed by atoms with Gasteiger partial charge in [0.15, 0.2) is 0 Å². The molecular weight excluding hydrogens is 400 g/mol. The van der Waals surface area contributed by atoms with E-state index in [1.807, 2.05) is 53.4 Å². The van der Waals surface area contributed by atoms with Gasteiger partial charge in [0, 0.05) is 17.7 Å². The molecule has 142 valence electrons. The van der Waals surface area contributed by atoms with Gasteiger partial charge in [-0.3, -0.25) is 0 Å². The van der Waals surface area contributed by atoms with Crippen molar-refractivity contribution in [2.75, 3.05) is 4.90 Å². The first-order valence-corrected chi connectivity index (χ1v) is 10.5. The van der Waals surface area contributed by atoms with Gasteiger partial charge in [0.05, 0.1) is 27.0 Å². The average Bonchev–Trinajstić information content (AvgIpc) is 3.33. The summed E-state index contributed by atoms with van der Waals surface area (Å²) in [5, 5.41) is 11.5. The minimum atomic E-state index is 0.576. The lowest BCUT2D eigenvalue weighted by Gasteiger charge is -2.24. The number of benzene rings is 2. The smallest absolute Gasteiger partial charge is 0.115 e. The number of aromatic nitrogens is 3. The third-order valence-corrected chi connectivity index (χ3v) is 6.13. The van der Waals surface area contributed by atoms with Gasteiger partial charge in [0.25, 0.3) is 0 Å². The van der Waals surface area contributed by atoms with E-state index in [-0.39, 0.29) is 0 Å². The summed E-state index contributed by atoms with van der Waals surface area (Å²) in [6, 6.07) is 18.2. The van der Waals surface area contributed by atoms with Gasteiger partial charge in [-0.05, 0) is 42.1 Å². The number of thiophene rings is 1. The number of nitrogens with zero attached hydrogens (tertiary/aromatic N) is 4. The monoisotopic (exact) mass is 416 g/mol. The molecule has 4 nitrogen and oxygen atoms in total. The zero-order valence-electron chi connectivity index (χ0n) is 15.8. The zero-order chi connectivity index (χ0) is 19.8. The van der Waals surface area contributed by atoms with Gasteiger partial charge in [-0.2, -0.15) is 0 Å². The third-order valence-electron chi connectivity index (χ3n) is 5.02. The van der Waals surface area contributed by atoms with Gasteiger partial charge in [0.1, 0.15) is 6.67 Å². The summed E-state index contributed by atoms with van der Waals surface area (Å²) < 4.78 is 1.95. The van der Waals surface area contributed by atoms with Crippen LogP contribution in [-0.4, -0.2) is 15.0 Å². The van der Waals surface area contributed by atoms with Crippen LogP contribution in [0.4, 0.5) is 5.69 Å². The Labute approximate surface area is 178 Å². The van der Waals surface area contributed by atoms with Gasteiger partial charge in [-0.1, -0.05) is 59.0 Å². The van der Waals surface area contributed by atoms with E-state index in [2.05, 4.69) is 45.3 Å². The zero-order valence-corrected chi connectivity index (χ0v) is 17.3. The molecule has 0 aliphatic carbocycles. The highest BCUT2D eigenvalue weighted by molar-refractivity contribution is 7.10. The average molecular weight is 417 g/mol. The molecular formula is C23H17ClN4S. The van der Waals surface area contributed by atoms with Crippen molar-refractivity contribution < 1.29 is 0 Å². The van der Waals surface area contributed by atoms with Crippen molar-refractivity contribution in [1.82, 2.24) is 15.0 Å². The number of hydrogen-bond acceptors (Lipinski definition) is 4. The minimum Gasteiger partial charge on any atom is -0.346 e. The van der Waals surface area contributed by atoms with Crippen LogP contribution in [0.25, 0.3) is 11.3 Å². The van der Waals surface area contributed by atoms with Crippen LogP contribution < -0.4 is 4.90 Å². The lowest BCUT2D eigenvalue weighted by Crippen LogP contribution is -2.25. The van der Waals surface area contributed by atoms with Crippen molar-refractivity contribution in [2.24, 2.45) is 0 Å². The van der Waals surface area contributed by atoms with Crippen LogP contribution in [0.15, 0.2) is 60.0 Å². The Morgan fingerprint density at radius 2 is 1.93 bits per heavy atom. The van der Waals surface area contributed by atoms with Gasteiger partial charge < -0.3 is 4.90 Å². The fourth-order valence-electron chi connectivity index (χ4n) is 3.68. The molecule has 0 unspecified atom stereocenters. The van der Waals surface area contributed by atoms with E-state index < -0.39 is 0 Å². The molecule has 0 atom stereocenters. The molecule has 4 aromatic rings. The van der Waals surface area contributed by atoms with Crippen LogP contribution in [0.2, 0.25) is 5.02 Å². The van der Waals surface area contributed by atoms with E-state index >= 15 is 0 Å². The number of aryl methyl sites for hydroxylation is 1. The van der Waals surface area contributed by atoms with Crippen LogP contribution in [0.1, 0.15) is 21.7 Å². The quantitative estimate of drug-likeness (QED) is 0.392. The molecule has 0 fully saturated rings. The van der Waals surface area contributed by atoms with Gasteiger partial charge in [0.2, 0.25) is 0 Å². The van der Waals surface area contributed by atoms with Crippen molar-refractivity contribution in [3.8, 4) is 23.1 Å². The Hall–Kier alpha value is -3.07. The normalized spacial score (nSPS) is 12.6. The van der Waals surface area contributed by atoms with E-state index in [0.29, 0.717) is 13.2 Å². The maximum absolute atomic E-state index is 6.53. The van der Waals surface area contributed by atoms with Gasteiger partial charge in [-0.15, -0.1) is 16.4 Å². The lowest BCUT2D eigenvalue weighted by molar-refractivity contribution is 0.569. The van der Waals surface area contributed by atoms with Crippen molar-refractivity contribution >= 4 is 28.6 Å². The molecule has 0 bridgehead atoms. The summed E-state index contributed by atoms with van der Waals surface area (Å²) in [4.78, 5) is 3.28. The van der Waals surface area contributed by atoms with Crippen molar-refractivity contribution in [3.63, 3.8) is 0 Å². The Morgan fingerprint density at radius 1 is 1.03 bits per heavy atom. The van der Waals surface area contributed by atoms with Crippen LogP contribution >= 0.6 is 22.9 Å². The molecule has 0 radical (unpaired) electrons. The predicted octanol–water partition coefficient (Wildman–Crippen LogP) is 5.35. The van der Waals surface area contributed by atoms with Crippen LogP contribution in [0, 0.1) is 18.8 Å². The minimum absolute atomic E-state index is 0.576. The number of hydrogen-bond donors (Lipinski definition) is 0. The second-order valence-corrected chi connectivity index (χ2v) is 8.23. The molecule has 0 saturated carbocycles. The number of anilines is 1. The Kier molecular flexibility index (Phi) is 4.59. The summed E-state index contributed by atoms with van der Waals surface area (Å²) in [5.41, 5.74) is 6.23. The Bertz CT molecular complexity index is 1250. The first-order valence-electron chi connectivity index (χ1n) is 9.28. The molecule has 5 rings (SSSR count). The molecule has 2 aromatic carbocycles. The lowest BCUT2D eigenvalue weighted by atomic mass is 9.97. The van der Waals surface area contributed by atoms with Crippen LogP contribution in [0.3, 0.4) is 0 Å². The summed E-state index contributed by atoms with van der Waals surface area (Å²) in [7, 11) is 0. The van der Waals surface area contributed by atoms with E-state index in [1.165, 1.54) is 5.56 Å². The van der Waals surface area contributed by atoms with Crippen molar-refractivity contribution in [2.45, 2.75) is 20.1 Å². The SMILES string of the molecule is Cc1nnn2c1-c1cccc(C#Cc3cccs3)c1CN(c1ccccc1Cl)C2. The highest BCUT2D eigenvalue weighted by Crippen LogP contribution is 2.35. The first-order chi connectivity index (χ1) is 14.2. The molecule has 6 heteroatoms. The standard InChI is InChI=1S/C23H17ClN4S/c1-16-23-19-8-4-6-17(11-12-18-7-5-13-29-18)20(19)14-27(15-28(23)26-25-16)22-10-3-2-9-21(22)24/h2-10,13H,14-15H2,1H3. The van der Waals surface area contributed by atoms with Crippen LogP contribution in [-0.2, 0) is 13.2 Å². The Balaban J connectivity index is 1.69. The van der Waals surface area contributed by atoms with Crippen molar-refractivity contribution in [1.29, 1.82) is 0 Å². The van der Waals surface area contributed by atoms with E-state index in [0.717, 1.165) is 38.1 Å². The number of para-hydroxylation sites is 1. The van der Waals surface area contributed by atoms with E-state index in [9.17, 15) is 0 Å². The summed E-state index contributed by atoms with van der Waals surface area (Å²) >= 11 is 8.18. The highest BCUT2D eigenvalue weighted by atomic mass is 35.5. The summed E-state index contributed by atoms with van der Waals surface area (Å²) in [6.45, 7) is 3.27. The number of rotatable bonds is 1. The largest absolute Gasteiger partial charge is 0.346 e. The number of halogens is 1. The van der Waals surface area contributed by atoms with Crippen molar-refractivity contribution in [3.05, 3.63) is 86.7 Å². The molecule has 1 aliphatic heterocycles. The van der Waals surface area contributed by atoms with Gasteiger partial charge >= 0.3 is 0 Å². The highest BCUT2D eigenvalue weighted by Gasteiger charge is 2.25. The molecule has 0 saturated heterocycles. The third kappa shape index (κ3) is 3.31. The first kappa shape index (κ1) is 18.0. The number of fused-ring (bicyclic) bond motifs is 3. The summed E-state index contributed by atoms with van der Waals surface area (Å²) in [6.07, 6.45) is 0. The maximum atomic E-state index is 6.53. The molecule has 1 aliphatic rings. The predicted molar refractivity (Wildman–Crippen MR) is 118 cm³/mol. The summed E-state index contributed by atoms with van der Waals surface area (Å²) in [5.74, 6) is 6.68. The molecule has 0 N–H and O–H groups in total.